The van der Waals surface area contributed by atoms with E-state index in [1.165, 1.54) is 6.92 Å². The Morgan fingerprint density at radius 2 is 2.06 bits per heavy atom. The molecule has 0 amide bonds. The molecule has 0 N–H and O–H groups in total. The minimum absolute atomic E-state index is 0.102. The fraction of sp³-hybridized carbons (Fsp3) is 0.0909. The number of hydrogen-bond acceptors (Lipinski definition) is 5. The SMILES string of the molecule is Cc1onc(C=Cc2ccncc2)c1[N+](=O)[O-]. The summed E-state index contributed by atoms with van der Waals surface area (Å²) in [6.45, 7) is 1.51. The molecule has 0 aliphatic heterocycles. The number of hydrogen-bond donors (Lipinski definition) is 0. The molecule has 0 spiro atoms. The molecule has 0 saturated carbocycles. The molecule has 0 unspecified atom stereocenters. The van der Waals surface area contributed by atoms with E-state index in [0.717, 1.165) is 5.56 Å². The van der Waals surface area contributed by atoms with Crippen molar-refractivity contribution in [2.45, 2.75) is 6.92 Å². The second-order valence-electron chi connectivity index (χ2n) is 3.34. The summed E-state index contributed by atoms with van der Waals surface area (Å²) in [7, 11) is 0. The molecule has 0 bridgehead atoms. The van der Waals surface area contributed by atoms with Crippen molar-refractivity contribution < 1.29 is 9.45 Å². The van der Waals surface area contributed by atoms with Gasteiger partial charge in [-0.25, -0.2) is 0 Å². The molecule has 86 valence electrons. The average Bonchev–Trinajstić information content (AvgIpc) is 2.69. The van der Waals surface area contributed by atoms with Crippen LogP contribution in [0, 0.1) is 17.0 Å². The normalized spacial score (nSPS) is 10.9. The van der Waals surface area contributed by atoms with Crippen molar-refractivity contribution in [3.8, 4) is 0 Å². The van der Waals surface area contributed by atoms with Crippen LogP contribution >= 0.6 is 0 Å². The minimum atomic E-state index is -0.502. The van der Waals surface area contributed by atoms with Crippen LogP contribution in [-0.2, 0) is 0 Å². The largest absolute Gasteiger partial charge is 0.354 e. The van der Waals surface area contributed by atoms with Gasteiger partial charge in [-0.15, -0.1) is 0 Å². The summed E-state index contributed by atoms with van der Waals surface area (Å²) in [4.78, 5) is 14.1. The van der Waals surface area contributed by atoms with E-state index in [-0.39, 0.29) is 17.1 Å². The van der Waals surface area contributed by atoms with E-state index in [1.54, 1.807) is 36.7 Å². The summed E-state index contributed by atoms with van der Waals surface area (Å²) >= 11 is 0. The van der Waals surface area contributed by atoms with Gasteiger partial charge >= 0.3 is 5.69 Å². The van der Waals surface area contributed by atoms with Gasteiger partial charge in [-0.1, -0.05) is 11.2 Å². The van der Waals surface area contributed by atoms with Gasteiger partial charge in [0, 0.05) is 19.3 Å². The molecule has 2 aromatic heterocycles. The van der Waals surface area contributed by atoms with Crippen LogP contribution in [0.3, 0.4) is 0 Å². The van der Waals surface area contributed by atoms with Crippen molar-refractivity contribution in [1.29, 1.82) is 0 Å². The number of pyridine rings is 1. The van der Waals surface area contributed by atoms with Crippen LogP contribution < -0.4 is 0 Å². The van der Waals surface area contributed by atoms with E-state index in [0.29, 0.717) is 0 Å². The number of rotatable bonds is 3. The third-order valence-corrected chi connectivity index (χ3v) is 2.18. The van der Waals surface area contributed by atoms with Crippen LogP contribution in [0.1, 0.15) is 17.0 Å². The third-order valence-electron chi connectivity index (χ3n) is 2.18. The van der Waals surface area contributed by atoms with Gasteiger partial charge in [0.1, 0.15) is 0 Å². The van der Waals surface area contributed by atoms with Crippen LogP contribution in [0.15, 0.2) is 29.0 Å². The second-order valence-corrected chi connectivity index (χ2v) is 3.34. The maximum atomic E-state index is 10.8. The predicted molar refractivity (Wildman–Crippen MR) is 61.1 cm³/mol. The first-order chi connectivity index (χ1) is 8.18. The van der Waals surface area contributed by atoms with Crippen molar-refractivity contribution in [2.24, 2.45) is 0 Å². The molecule has 2 aromatic rings. The molecular formula is C11H9N3O3. The van der Waals surface area contributed by atoms with Crippen molar-refractivity contribution >= 4 is 17.8 Å². The second kappa shape index (κ2) is 4.56. The zero-order valence-electron chi connectivity index (χ0n) is 9.03. The molecule has 0 aliphatic rings. The zero-order chi connectivity index (χ0) is 12.3. The van der Waals surface area contributed by atoms with E-state index < -0.39 is 4.92 Å². The molecule has 0 atom stereocenters. The third kappa shape index (κ3) is 2.36. The standard InChI is InChI=1S/C11H9N3O3/c1-8-11(14(15)16)10(13-17-8)3-2-9-4-6-12-7-5-9/h2-7H,1H3. The first-order valence-electron chi connectivity index (χ1n) is 4.87. The minimum Gasteiger partial charge on any atom is -0.354 e. The van der Waals surface area contributed by atoms with Gasteiger partial charge < -0.3 is 4.52 Å². The topological polar surface area (TPSA) is 82.1 Å². The first kappa shape index (κ1) is 11.0. The van der Waals surface area contributed by atoms with E-state index in [4.69, 9.17) is 4.52 Å². The Hall–Kier alpha value is -2.50. The summed E-state index contributed by atoms with van der Waals surface area (Å²) in [5, 5.41) is 14.4. The van der Waals surface area contributed by atoms with Gasteiger partial charge in [0.15, 0.2) is 5.69 Å². The maximum absolute atomic E-state index is 10.8. The lowest BCUT2D eigenvalue weighted by molar-refractivity contribution is -0.386. The molecule has 2 heterocycles. The van der Waals surface area contributed by atoms with Crippen molar-refractivity contribution in [1.82, 2.24) is 10.1 Å². The molecule has 2 rings (SSSR count). The summed E-state index contributed by atoms with van der Waals surface area (Å²) in [5.41, 5.74) is 0.995. The van der Waals surface area contributed by atoms with Gasteiger partial charge in [0.25, 0.3) is 0 Å². The van der Waals surface area contributed by atoms with Crippen LogP contribution in [0.2, 0.25) is 0 Å². The molecule has 6 nitrogen and oxygen atoms in total. The highest BCUT2D eigenvalue weighted by Gasteiger charge is 2.21. The molecule has 6 heteroatoms. The quantitative estimate of drug-likeness (QED) is 0.598. The monoisotopic (exact) mass is 231 g/mol. The zero-order valence-corrected chi connectivity index (χ0v) is 9.03. The van der Waals surface area contributed by atoms with Gasteiger partial charge in [-0.2, -0.15) is 0 Å². The molecular weight excluding hydrogens is 222 g/mol. The number of nitrogens with zero attached hydrogens (tertiary/aromatic N) is 3. The Morgan fingerprint density at radius 3 is 2.71 bits per heavy atom. The van der Waals surface area contributed by atoms with Crippen molar-refractivity contribution in [3.05, 3.63) is 51.7 Å². The first-order valence-corrected chi connectivity index (χ1v) is 4.87. The van der Waals surface area contributed by atoms with E-state index in [9.17, 15) is 10.1 Å². The molecule has 0 saturated heterocycles. The number of nitro groups is 1. The fourth-order valence-electron chi connectivity index (χ4n) is 1.37. The lowest BCUT2D eigenvalue weighted by Crippen LogP contribution is -1.90. The van der Waals surface area contributed by atoms with Crippen molar-refractivity contribution in [3.63, 3.8) is 0 Å². The summed E-state index contributed by atoms with van der Waals surface area (Å²) in [6.07, 6.45) is 6.54. The molecule has 0 fully saturated rings. The van der Waals surface area contributed by atoms with Crippen molar-refractivity contribution in [2.75, 3.05) is 0 Å². The van der Waals surface area contributed by atoms with Crippen LogP contribution in [0.5, 0.6) is 0 Å². The highest BCUT2D eigenvalue weighted by atomic mass is 16.6. The summed E-state index contributed by atoms with van der Waals surface area (Å²) in [6, 6.07) is 3.57. The number of aromatic nitrogens is 2. The lowest BCUT2D eigenvalue weighted by atomic mass is 10.2. The average molecular weight is 231 g/mol. The lowest BCUT2D eigenvalue weighted by Gasteiger charge is -1.90. The van der Waals surface area contributed by atoms with Gasteiger partial charge in [0.2, 0.25) is 5.76 Å². The Morgan fingerprint density at radius 1 is 1.35 bits per heavy atom. The number of aryl methyl sites for hydroxylation is 1. The smallest absolute Gasteiger partial charge is 0.338 e. The molecule has 0 aliphatic carbocycles. The van der Waals surface area contributed by atoms with Gasteiger partial charge in [0.05, 0.1) is 4.92 Å². The fourth-order valence-corrected chi connectivity index (χ4v) is 1.37. The Balaban J connectivity index is 2.31. The Kier molecular flexibility index (Phi) is 2.95. The van der Waals surface area contributed by atoms with Gasteiger partial charge in [-0.05, 0) is 23.8 Å². The van der Waals surface area contributed by atoms with Crippen LogP contribution in [-0.4, -0.2) is 15.1 Å². The molecule has 0 aromatic carbocycles. The van der Waals surface area contributed by atoms with Crippen LogP contribution in [0.25, 0.3) is 12.2 Å². The summed E-state index contributed by atoms with van der Waals surface area (Å²) < 4.78 is 4.79. The summed E-state index contributed by atoms with van der Waals surface area (Å²) in [5.74, 6) is 0.198. The molecule has 17 heavy (non-hydrogen) atoms. The Labute approximate surface area is 96.7 Å². The predicted octanol–water partition coefficient (Wildman–Crippen LogP) is 2.46. The van der Waals surface area contributed by atoms with Crippen LogP contribution in [0.4, 0.5) is 5.69 Å². The Bertz CT molecular complexity index is 561. The highest BCUT2D eigenvalue weighted by Crippen LogP contribution is 2.24. The molecule has 0 radical (unpaired) electrons. The van der Waals surface area contributed by atoms with Gasteiger partial charge in [-0.3, -0.25) is 15.1 Å². The van der Waals surface area contributed by atoms with E-state index in [2.05, 4.69) is 10.1 Å². The maximum Gasteiger partial charge on any atom is 0.338 e. The van der Waals surface area contributed by atoms with E-state index in [1.807, 2.05) is 0 Å². The van der Waals surface area contributed by atoms with E-state index >= 15 is 0 Å². The highest BCUT2D eigenvalue weighted by molar-refractivity contribution is 5.72.